The predicted octanol–water partition coefficient (Wildman–Crippen LogP) is 5.92. The Kier molecular flexibility index (Phi) is 6.53. The van der Waals surface area contributed by atoms with E-state index in [2.05, 4.69) is 4.72 Å². The molecule has 0 bridgehead atoms. The van der Waals surface area contributed by atoms with Gasteiger partial charge < -0.3 is 0 Å². The number of rotatable bonds is 5. The maximum atomic E-state index is 13.6. The first kappa shape index (κ1) is 25.9. The number of hydrogen-bond acceptors (Lipinski definition) is 5. The SMILES string of the molecule is Cc1ccc(S(=O)(=O)c2cn(C(=O)C(C)(C)C)c3c(NS(=O)(=O)c4ccc(Cl)cc4)cccc23)cc1. The number of anilines is 1. The Hall–Kier alpha value is -3.14. The number of nitrogens with zero attached hydrogens (tertiary/aromatic N) is 1. The van der Waals surface area contributed by atoms with Crippen LogP contribution in [0.25, 0.3) is 10.9 Å². The van der Waals surface area contributed by atoms with Gasteiger partial charge in [0.05, 0.1) is 25.9 Å². The number of benzene rings is 3. The van der Waals surface area contributed by atoms with Crippen LogP contribution < -0.4 is 4.72 Å². The van der Waals surface area contributed by atoms with Gasteiger partial charge in [-0.15, -0.1) is 0 Å². The zero-order valence-electron chi connectivity index (χ0n) is 20.1. The molecule has 0 atom stereocenters. The summed E-state index contributed by atoms with van der Waals surface area (Å²) in [5.74, 6) is -0.393. The normalized spacial score (nSPS) is 12.6. The topological polar surface area (TPSA) is 102 Å². The summed E-state index contributed by atoms with van der Waals surface area (Å²) in [5.41, 5.74) is 0.253. The molecule has 188 valence electrons. The van der Waals surface area contributed by atoms with E-state index in [1.807, 2.05) is 6.92 Å². The molecule has 1 aromatic heterocycles. The third-order valence-electron chi connectivity index (χ3n) is 5.64. The first-order valence-corrected chi connectivity index (χ1v) is 14.4. The summed E-state index contributed by atoms with van der Waals surface area (Å²) in [6.45, 7) is 6.96. The van der Waals surface area contributed by atoms with Crippen molar-refractivity contribution in [3.8, 4) is 0 Å². The van der Waals surface area contributed by atoms with E-state index >= 15 is 0 Å². The molecular formula is C26H25ClN2O5S2. The van der Waals surface area contributed by atoms with Gasteiger partial charge in [0, 0.05) is 22.0 Å². The van der Waals surface area contributed by atoms with Crippen molar-refractivity contribution >= 4 is 54.0 Å². The Morgan fingerprint density at radius 1 is 0.861 bits per heavy atom. The van der Waals surface area contributed by atoms with Gasteiger partial charge in [-0.05, 0) is 49.4 Å². The van der Waals surface area contributed by atoms with E-state index in [9.17, 15) is 21.6 Å². The average molecular weight is 545 g/mol. The second kappa shape index (κ2) is 9.06. The highest BCUT2D eigenvalue weighted by molar-refractivity contribution is 7.92. The van der Waals surface area contributed by atoms with E-state index in [0.717, 1.165) is 5.56 Å². The van der Waals surface area contributed by atoms with Gasteiger partial charge in [-0.1, -0.05) is 62.2 Å². The van der Waals surface area contributed by atoms with Crippen LogP contribution >= 0.6 is 11.6 Å². The van der Waals surface area contributed by atoms with Gasteiger partial charge in [0.2, 0.25) is 15.7 Å². The molecule has 0 saturated heterocycles. The number of hydrogen-bond donors (Lipinski definition) is 1. The minimum Gasteiger partial charge on any atom is -0.283 e. The number of nitrogens with one attached hydrogen (secondary N) is 1. The van der Waals surface area contributed by atoms with Crippen LogP contribution in [-0.4, -0.2) is 27.3 Å². The van der Waals surface area contributed by atoms with Crippen LogP contribution in [0.15, 0.2) is 87.6 Å². The van der Waals surface area contributed by atoms with Gasteiger partial charge in [0.15, 0.2) is 0 Å². The Morgan fingerprint density at radius 3 is 2.03 bits per heavy atom. The van der Waals surface area contributed by atoms with Crippen molar-refractivity contribution in [3.63, 3.8) is 0 Å². The highest BCUT2D eigenvalue weighted by Gasteiger charge is 2.31. The number of sulfonamides is 1. The maximum absolute atomic E-state index is 13.6. The van der Waals surface area contributed by atoms with Crippen molar-refractivity contribution in [3.05, 3.63) is 83.5 Å². The molecule has 36 heavy (non-hydrogen) atoms. The number of carbonyl (C=O) groups is 1. The van der Waals surface area contributed by atoms with E-state index in [0.29, 0.717) is 5.02 Å². The second-order valence-electron chi connectivity index (χ2n) is 9.50. The second-order valence-corrected chi connectivity index (χ2v) is 13.5. The summed E-state index contributed by atoms with van der Waals surface area (Å²) in [6.07, 6.45) is 1.27. The van der Waals surface area contributed by atoms with Crippen LogP contribution in [0.4, 0.5) is 5.69 Å². The zero-order valence-corrected chi connectivity index (χ0v) is 22.5. The highest BCUT2D eigenvalue weighted by atomic mass is 35.5. The number of para-hydroxylation sites is 1. The van der Waals surface area contributed by atoms with Gasteiger partial charge in [0.1, 0.15) is 0 Å². The first-order chi connectivity index (χ1) is 16.7. The molecule has 0 fully saturated rings. The fraction of sp³-hybridized carbons (Fsp3) is 0.192. The Balaban J connectivity index is 1.96. The fourth-order valence-electron chi connectivity index (χ4n) is 3.73. The summed E-state index contributed by atoms with van der Waals surface area (Å²) in [6, 6.07) is 16.6. The molecule has 0 radical (unpaired) electrons. The van der Waals surface area contributed by atoms with Crippen LogP contribution in [0.1, 0.15) is 31.1 Å². The minimum absolute atomic E-state index is 0.0309. The van der Waals surface area contributed by atoms with Crippen LogP contribution in [0.3, 0.4) is 0 Å². The van der Waals surface area contributed by atoms with Crippen LogP contribution in [0.5, 0.6) is 0 Å². The Morgan fingerprint density at radius 2 is 1.44 bits per heavy atom. The third-order valence-corrected chi connectivity index (χ3v) is 9.07. The molecule has 10 heteroatoms. The van der Waals surface area contributed by atoms with Crippen molar-refractivity contribution in [1.82, 2.24) is 4.57 Å². The third kappa shape index (κ3) is 4.78. The quantitative estimate of drug-likeness (QED) is 0.336. The lowest BCUT2D eigenvalue weighted by molar-refractivity contribution is 0.0772. The van der Waals surface area contributed by atoms with Crippen molar-refractivity contribution in [2.75, 3.05) is 4.72 Å². The summed E-state index contributed by atoms with van der Waals surface area (Å²) < 4.78 is 57.2. The van der Waals surface area contributed by atoms with Crippen LogP contribution in [-0.2, 0) is 19.9 Å². The molecule has 3 aromatic carbocycles. The molecular weight excluding hydrogens is 520 g/mol. The molecule has 4 aromatic rings. The molecule has 0 unspecified atom stereocenters. The standard InChI is InChI=1S/C26H25ClN2O5S2/c1-17-8-12-19(13-9-17)35(31,32)23-16-29(25(30)26(2,3)4)24-21(23)6-5-7-22(24)28-36(33,34)20-14-10-18(27)11-15-20/h5-16,28H,1-4H3. The number of halogens is 1. The summed E-state index contributed by atoms with van der Waals surface area (Å²) in [5, 5.41) is 0.608. The summed E-state index contributed by atoms with van der Waals surface area (Å²) in [4.78, 5) is 13.4. The Labute approximate surface area is 215 Å². The summed E-state index contributed by atoms with van der Waals surface area (Å²) in [7, 11) is -8.09. The maximum Gasteiger partial charge on any atom is 0.261 e. The van der Waals surface area contributed by atoms with E-state index < -0.39 is 31.2 Å². The Bertz CT molecular complexity index is 1680. The van der Waals surface area contributed by atoms with Crippen LogP contribution in [0, 0.1) is 12.3 Å². The molecule has 0 amide bonds. The number of fused-ring (bicyclic) bond motifs is 1. The van der Waals surface area contributed by atoms with Crippen molar-refractivity contribution in [2.24, 2.45) is 5.41 Å². The highest BCUT2D eigenvalue weighted by Crippen LogP contribution is 2.36. The molecule has 0 saturated carbocycles. The monoisotopic (exact) mass is 544 g/mol. The predicted molar refractivity (Wildman–Crippen MR) is 141 cm³/mol. The minimum atomic E-state index is -4.07. The molecule has 7 nitrogen and oxygen atoms in total. The molecule has 1 N–H and O–H groups in total. The number of aromatic nitrogens is 1. The van der Waals surface area contributed by atoms with E-state index in [1.165, 1.54) is 53.2 Å². The molecule has 0 aliphatic rings. The van der Waals surface area contributed by atoms with Gasteiger partial charge in [-0.3, -0.25) is 14.1 Å². The zero-order chi connectivity index (χ0) is 26.5. The van der Waals surface area contributed by atoms with Gasteiger partial charge in [-0.25, -0.2) is 16.8 Å². The van der Waals surface area contributed by atoms with E-state index in [1.54, 1.807) is 45.0 Å². The largest absolute Gasteiger partial charge is 0.283 e. The lowest BCUT2D eigenvalue weighted by atomic mass is 9.95. The smallest absolute Gasteiger partial charge is 0.261 e. The lowest BCUT2D eigenvalue weighted by Crippen LogP contribution is -2.26. The number of aryl methyl sites for hydroxylation is 1. The first-order valence-electron chi connectivity index (χ1n) is 11.0. The van der Waals surface area contributed by atoms with E-state index in [-0.39, 0.29) is 31.3 Å². The van der Waals surface area contributed by atoms with Gasteiger partial charge in [-0.2, -0.15) is 0 Å². The van der Waals surface area contributed by atoms with Crippen molar-refractivity contribution in [1.29, 1.82) is 0 Å². The molecule has 0 aliphatic carbocycles. The van der Waals surface area contributed by atoms with Crippen molar-refractivity contribution < 1.29 is 21.6 Å². The fourth-order valence-corrected chi connectivity index (χ4v) is 6.37. The van der Waals surface area contributed by atoms with E-state index in [4.69, 9.17) is 11.6 Å². The number of carbonyl (C=O) groups excluding carboxylic acids is 1. The van der Waals surface area contributed by atoms with Gasteiger partial charge >= 0.3 is 0 Å². The molecule has 1 heterocycles. The lowest BCUT2D eigenvalue weighted by Gasteiger charge is -2.19. The van der Waals surface area contributed by atoms with Crippen molar-refractivity contribution in [2.45, 2.75) is 42.4 Å². The molecule has 0 aliphatic heterocycles. The molecule has 4 rings (SSSR count). The van der Waals surface area contributed by atoms with Crippen LogP contribution in [0.2, 0.25) is 5.02 Å². The average Bonchev–Trinajstić information content (AvgIpc) is 3.20. The number of sulfone groups is 1. The molecule has 0 spiro atoms. The summed E-state index contributed by atoms with van der Waals surface area (Å²) >= 11 is 5.89. The van der Waals surface area contributed by atoms with Gasteiger partial charge in [0.25, 0.3) is 10.0 Å².